The summed E-state index contributed by atoms with van der Waals surface area (Å²) in [6.45, 7) is 0. The Bertz CT molecular complexity index is 2510. The van der Waals surface area contributed by atoms with Gasteiger partial charge in [0.05, 0.1) is 0 Å². The van der Waals surface area contributed by atoms with E-state index >= 15 is 0 Å². The van der Waals surface area contributed by atoms with E-state index in [1.54, 1.807) is 0 Å². The summed E-state index contributed by atoms with van der Waals surface area (Å²) in [5.41, 5.74) is 15.4. The van der Waals surface area contributed by atoms with Gasteiger partial charge < -0.3 is 4.90 Å². The number of nitrogens with zero attached hydrogens (tertiary/aromatic N) is 1. The highest BCUT2D eigenvalue weighted by atomic mass is 15.1. The topological polar surface area (TPSA) is 3.24 Å². The molecule has 9 aromatic rings. The lowest BCUT2D eigenvalue weighted by atomic mass is 9.90. The van der Waals surface area contributed by atoms with Crippen molar-refractivity contribution in [2.24, 2.45) is 0 Å². The van der Waals surface area contributed by atoms with Gasteiger partial charge in [-0.25, -0.2) is 0 Å². The second-order valence-corrected chi connectivity index (χ2v) is 13.4. The highest BCUT2D eigenvalue weighted by molar-refractivity contribution is 5.97. The van der Waals surface area contributed by atoms with Crippen LogP contribution in [0.15, 0.2) is 224 Å². The molecule has 0 atom stereocenters. The Morgan fingerprint density at radius 3 is 0.792 bits per heavy atom. The average molecular weight is 676 g/mol. The third kappa shape index (κ3) is 6.65. The van der Waals surface area contributed by atoms with Crippen molar-refractivity contribution >= 4 is 27.8 Å². The van der Waals surface area contributed by atoms with Gasteiger partial charge in [0.2, 0.25) is 0 Å². The molecule has 53 heavy (non-hydrogen) atoms. The number of benzene rings is 9. The molecule has 0 fully saturated rings. The van der Waals surface area contributed by atoms with Gasteiger partial charge in [-0.3, -0.25) is 0 Å². The molecule has 0 aliphatic carbocycles. The average Bonchev–Trinajstić information content (AvgIpc) is 3.25. The van der Waals surface area contributed by atoms with Crippen molar-refractivity contribution in [1.29, 1.82) is 0 Å². The zero-order chi connectivity index (χ0) is 35.4. The summed E-state index contributed by atoms with van der Waals surface area (Å²) in [6, 6.07) is 80.8. The molecule has 0 radical (unpaired) electrons. The third-order valence-electron chi connectivity index (χ3n) is 10.1. The largest absolute Gasteiger partial charge is 0.311 e. The van der Waals surface area contributed by atoms with Gasteiger partial charge in [-0.15, -0.1) is 0 Å². The molecule has 0 aliphatic heterocycles. The van der Waals surface area contributed by atoms with Crippen molar-refractivity contribution in [2.45, 2.75) is 0 Å². The van der Waals surface area contributed by atoms with Gasteiger partial charge in [-0.1, -0.05) is 176 Å². The Kier molecular flexibility index (Phi) is 8.66. The molecule has 9 aromatic carbocycles. The molecule has 0 saturated carbocycles. The fraction of sp³-hybridized carbons (Fsp3) is 0. The number of anilines is 3. The number of rotatable bonds is 8. The van der Waals surface area contributed by atoms with Gasteiger partial charge in [0, 0.05) is 17.1 Å². The van der Waals surface area contributed by atoms with Crippen molar-refractivity contribution in [3.8, 4) is 55.6 Å². The van der Waals surface area contributed by atoms with Crippen molar-refractivity contribution in [3.05, 3.63) is 224 Å². The smallest absolute Gasteiger partial charge is 0.0462 e. The van der Waals surface area contributed by atoms with Gasteiger partial charge in [0.25, 0.3) is 0 Å². The lowest BCUT2D eigenvalue weighted by molar-refractivity contribution is 1.28. The normalized spacial score (nSPS) is 11.0. The van der Waals surface area contributed by atoms with E-state index in [-0.39, 0.29) is 0 Å². The maximum Gasteiger partial charge on any atom is 0.0462 e. The molecule has 9 rings (SSSR count). The van der Waals surface area contributed by atoms with Crippen LogP contribution in [0.1, 0.15) is 0 Å². The second kappa shape index (κ2) is 14.3. The van der Waals surface area contributed by atoms with Crippen LogP contribution in [0.4, 0.5) is 17.1 Å². The maximum absolute atomic E-state index is 2.34. The Morgan fingerprint density at radius 2 is 0.453 bits per heavy atom. The minimum atomic E-state index is 1.10. The Balaban J connectivity index is 1.11. The zero-order valence-corrected chi connectivity index (χ0v) is 29.3. The van der Waals surface area contributed by atoms with E-state index in [0.29, 0.717) is 0 Å². The molecule has 0 N–H and O–H groups in total. The molecule has 0 spiro atoms. The van der Waals surface area contributed by atoms with Gasteiger partial charge in [0.1, 0.15) is 0 Å². The molecule has 1 heteroatoms. The number of hydrogen-bond donors (Lipinski definition) is 0. The summed E-state index contributed by atoms with van der Waals surface area (Å²) in [5.74, 6) is 0. The van der Waals surface area contributed by atoms with Gasteiger partial charge >= 0.3 is 0 Å². The van der Waals surface area contributed by atoms with Crippen LogP contribution in [0.2, 0.25) is 0 Å². The summed E-state index contributed by atoms with van der Waals surface area (Å²) in [5, 5.41) is 2.47. The summed E-state index contributed by atoms with van der Waals surface area (Å²) in [6.07, 6.45) is 0. The minimum absolute atomic E-state index is 1.10. The molecule has 0 bridgehead atoms. The summed E-state index contributed by atoms with van der Waals surface area (Å²) < 4.78 is 0. The molecule has 0 heterocycles. The van der Waals surface area contributed by atoms with Gasteiger partial charge in [-0.05, 0) is 115 Å². The summed E-state index contributed by atoms with van der Waals surface area (Å²) in [4.78, 5) is 2.34. The SMILES string of the molecule is c1ccc(-c2ccc(-c3cc4ccccc4cc3-c3ccc(N(c4ccc(-c5ccccc5)cc4)c4ccc(-c5ccccc5)cc4)cc3)cc2)cc1. The maximum atomic E-state index is 2.34. The van der Waals surface area contributed by atoms with Crippen LogP contribution in [0.25, 0.3) is 66.4 Å². The molecular formula is C52H37N. The molecule has 0 amide bonds. The van der Waals surface area contributed by atoms with E-state index < -0.39 is 0 Å². The quantitative estimate of drug-likeness (QED) is 0.155. The van der Waals surface area contributed by atoms with Crippen LogP contribution in [-0.2, 0) is 0 Å². The summed E-state index contributed by atoms with van der Waals surface area (Å²) in [7, 11) is 0. The van der Waals surface area contributed by atoms with E-state index in [9.17, 15) is 0 Å². The minimum Gasteiger partial charge on any atom is -0.311 e. The fourth-order valence-electron chi connectivity index (χ4n) is 7.30. The predicted octanol–water partition coefficient (Wildman–Crippen LogP) is 14.6. The first kappa shape index (κ1) is 32.0. The standard InChI is InChI=1S/C52H37N/c1-4-12-38(13-5-1)41-20-22-44(23-21-41)51-36-46-18-10-11-19-47(46)37-52(51)45-28-34-50(35-29-45)53(48-30-24-42(25-31-48)39-14-6-2-7-15-39)49-32-26-43(27-33-49)40-16-8-3-9-17-40/h1-37H. The van der Waals surface area contributed by atoms with E-state index in [4.69, 9.17) is 0 Å². The van der Waals surface area contributed by atoms with Crippen molar-refractivity contribution in [1.82, 2.24) is 0 Å². The Hall–Kier alpha value is -6.96. The van der Waals surface area contributed by atoms with Crippen molar-refractivity contribution in [2.75, 3.05) is 4.90 Å². The first-order valence-electron chi connectivity index (χ1n) is 18.2. The zero-order valence-electron chi connectivity index (χ0n) is 29.3. The molecular weight excluding hydrogens is 639 g/mol. The fourth-order valence-corrected chi connectivity index (χ4v) is 7.30. The number of fused-ring (bicyclic) bond motifs is 1. The predicted molar refractivity (Wildman–Crippen MR) is 226 cm³/mol. The third-order valence-corrected chi connectivity index (χ3v) is 10.1. The highest BCUT2D eigenvalue weighted by Crippen LogP contribution is 2.40. The number of hydrogen-bond acceptors (Lipinski definition) is 1. The Labute approximate surface area is 311 Å². The van der Waals surface area contributed by atoms with E-state index in [1.807, 2.05) is 0 Å². The van der Waals surface area contributed by atoms with Crippen LogP contribution in [0.3, 0.4) is 0 Å². The second-order valence-electron chi connectivity index (χ2n) is 13.4. The van der Waals surface area contributed by atoms with E-state index in [1.165, 1.54) is 66.4 Å². The van der Waals surface area contributed by atoms with Crippen LogP contribution in [0.5, 0.6) is 0 Å². The van der Waals surface area contributed by atoms with E-state index in [2.05, 4.69) is 229 Å². The molecule has 0 aromatic heterocycles. The van der Waals surface area contributed by atoms with Crippen LogP contribution in [-0.4, -0.2) is 0 Å². The van der Waals surface area contributed by atoms with Gasteiger partial charge in [-0.2, -0.15) is 0 Å². The first-order chi connectivity index (χ1) is 26.3. The molecule has 250 valence electrons. The first-order valence-corrected chi connectivity index (χ1v) is 18.2. The summed E-state index contributed by atoms with van der Waals surface area (Å²) >= 11 is 0. The molecule has 0 saturated heterocycles. The lowest BCUT2D eigenvalue weighted by Gasteiger charge is -2.26. The molecule has 0 unspecified atom stereocenters. The molecule has 0 aliphatic rings. The van der Waals surface area contributed by atoms with Crippen LogP contribution in [0, 0.1) is 0 Å². The lowest BCUT2D eigenvalue weighted by Crippen LogP contribution is -2.09. The highest BCUT2D eigenvalue weighted by Gasteiger charge is 2.16. The van der Waals surface area contributed by atoms with Crippen LogP contribution >= 0.6 is 0 Å². The Morgan fingerprint density at radius 1 is 0.208 bits per heavy atom. The molecule has 1 nitrogen and oxygen atoms in total. The van der Waals surface area contributed by atoms with Crippen LogP contribution < -0.4 is 4.90 Å². The van der Waals surface area contributed by atoms with E-state index in [0.717, 1.165) is 17.1 Å². The van der Waals surface area contributed by atoms with Gasteiger partial charge in [0.15, 0.2) is 0 Å². The van der Waals surface area contributed by atoms with Crippen molar-refractivity contribution < 1.29 is 0 Å². The van der Waals surface area contributed by atoms with Crippen molar-refractivity contribution in [3.63, 3.8) is 0 Å². The monoisotopic (exact) mass is 675 g/mol.